The lowest BCUT2D eigenvalue weighted by Gasteiger charge is -2.26. The van der Waals surface area contributed by atoms with E-state index in [1.807, 2.05) is 57.1 Å². The zero-order valence-corrected chi connectivity index (χ0v) is 17.8. The van der Waals surface area contributed by atoms with E-state index in [4.69, 9.17) is 11.6 Å². The van der Waals surface area contributed by atoms with Crippen LogP contribution in [0.1, 0.15) is 28.3 Å². The number of carbonyl (C=O) groups excluding carboxylic acids is 2. The number of ketones is 1. The molecule has 0 radical (unpaired) electrons. The predicted octanol–water partition coefficient (Wildman–Crippen LogP) is 3.94. The Morgan fingerprint density at radius 3 is 2.52 bits per heavy atom. The number of Topliss-reactive ketones (excluding diaryl/α,β-unsaturated/α-hetero) is 1. The quantitative estimate of drug-likeness (QED) is 0.459. The van der Waals surface area contributed by atoms with Crippen LogP contribution in [-0.4, -0.2) is 53.8 Å². The molecule has 0 spiro atoms. The number of aliphatic hydroxyl groups excluding tert-OH is 1. The Morgan fingerprint density at radius 1 is 1.14 bits per heavy atom. The monoisotopic (exact) mass is 412 g/mol. The fourth-order valence-electron chi connectivity index (χ4n) is 3.58. The number of nitrogens with zero attached hydrogens (tertiary/aromatic N) is 2. The van der Waals surface area contributed by atoms with Crippen LogP contribution in [0.5, 0.6) is 0 Å². The highest BCUT2D eigenvalue weighted by Gasteiger charge is 2.46. The largest absolute Gasteiger partial charge is 0.507 e. The van der Waals surface area contributed by atoms with E-state index in [1.54, 1.807) is 18.2 Å². The molecular weight excluding hydrogens is 388 g/mol. The number of aliphatic hydroxyl groups is 1. The van der Waals surface area contributed by atoms with Crippen molar-refractivity contribution in [3.63, 3.8) is 0 Å². The van der Waals surface area contributed by atoms with Crippen molar-refractivity contribution in [2.45, 2.75) is 19.9 Å². The molecule has 0 aliphatic carbocycles. The third-order valence-electron chi connectivity index (χ3n) is 5.14. The van der Waals surface area contributed by atoms with Crippen LogP contribution in [0.4, 0.5) is 0 Å². The molecular formula is C23H25ClN2O3. The van der Waals surface area contributed by atoms with Gasteiger partial charge in [-0.15, -0.1) is 0 Å². The number of halogens is 1. The van der Waals surface area contributed by atoms with Crippen LogP contribution in [0, 0.1) is 13.8 Å². The van der Waals surface area contributed by atoms with E-state index in [9.17, 15) is 14.7 Å². The highest BCUT2D eigenvalue weighted by atomic mass is 35.5. The van der Waals surface area contributed by atoms with Gasteiger partial charge in [0, 0.05) is 23.7 Å². The van der Waals surface area contributed by atoms with E-state index in [1.165, 1.54) is 4.90 Å². The summed E-state index contributed by atoms with van der Waals surface area (Å²) in [5, 5.41) is 11.7. The topological polar surface area (TPSA) is 60.9 Å². The summed E-state index contributed by atoms with van der Waals surface area (Å²) in [6.07, 6.45) is 0. The Hall–Kier alpha value is -2.63. The van der Waals surface area contributed by atoms with Crippen molar-refractivity contribution in [3.8, 4) is 0 Å². The van der Waals surface area contributed by atoms with E-state index < -0.39 is 17.7 Å². The summed E-state index contributed by atoms with van der Waals surface area (Å²) in [6.45, 7) is 4.73. The van der Waals surface area contributed by atoms with Gasteiger partial charge in [0.15, 0.2) is 0 Å². The number of likely N-dealkylation sites (tertiary alicyclic amines) is 1. The number of amides is 1. The number of benzene rings is 2. The summed E-state index contributed by atoms with van der Waals surface area (Å²) in [7, 11) is 3.81. The van der Waals surface area contributed by atoms with E-state index >= 15 is 0 Å². The first kappa shape index (κ1) is 21.1. The second kappa shape index (κ2) is 8.39. The maximum absolute atomic E-state index is 13.0. The molecule has 0 saturated carbocycles. The van der Waals surface area contributed by atoms with Crippen LogP contribution in [0.25, 0.3) is 5.76 Å². The lowest BCUT2D eigenvalue weighted by atomic mass is 9.93. The van der Waals surface area contributed by atoms with E-state index in [0.29, 0.717) is 29.2 Å². The molecule has 1 aliphatic heterocycles. The van der Waals surface area contributed by atoms with Gasteiger partial charge >= 0.3 is 0 Å². The fourth-order valence-corrected chi connectivity index (χ4v) is 3.78. The van der Waals surface area contributed by atoms with Gasteiger partial charge in [0.1, 0.15) is 5.76 Å². The molecule has 1 fully saturated rings. The summed E-state index contributed by atoms with van der Waals surface area (Å²) in [4.78, 5) is 29.3. The summed E-state index contributed by atoms with van der Waals surface area (Å²) in [5.74, 6) is -1.43. The molecule has 6 heteroatoms. The Bertz CT molecular complexity index is 997. The van der Waals surface area contributed by atoms with Gasteiger partial charge < -0.3 is 14.9 Å². The molecule has 3 rings (SSSR count). The summed E-state index contributed by atoms with van der Waals surface area (Å²) in [5.41, 5.74) is 3.14. The minimum Gasteiger partial charge on any atom is -0.507 e. The van der Waals surface area contributed by atoms with Crippen molar-refractivity contribution in [2.24, 2.45) is 0 Å². The molecule has 1 atom stereocenters. The maximum Gasteiger partial charge on any atom is 0.295 e. The highest BCUT2D eigenvalue weighted by Crippen LogP contribution is 2.40. The predicted molar refractivity (Wildman–Crippen MR) is 115 cm³/mol. The zero-order valence-electron chi connectivity index (χ0n) is 17.1. The first-order chi connectivity index (χ1) is 13.7. The molecule has 152 valence electrons. The van der Waals surface area contributed by atoms with E-state index in [0.717, 1.165) is 11.1 Å². The molecule has 1 aliphatic rings. The number of carbonyl (C=O) groups is 2. The Morgan fingerprint density at radius 2 is 1.86 bits per heavy atom. The third kappa shape index (κ3) is 4.21. The average molecular weight is 413 g/mol. The number of rotatable bonds is 5. The van der Waals surface area contributed by atoms with Gasteiger partial charge in [0.2, 0.25) is 0 Å². The normalized spacial score (nSPS) is 18.7. The lowest BCUT2D eigenvalue weighted by Crippen LogP contribution is -2.35. The molecule has 1 heterocycles. The van der Waals surface area contributed by atoms with Crippen LogP contribution in [0.2, 0.25) is 5.02 Å². The summed E-state index contributed by atoms with van der Waals surface area (Å²) >= 11 is 6.19. The van der Waals surface area contributed by atoms with Crippen molar-refractivity contribution in [3.05, 3.63) is 75.3 Å². The highest BCUT2D eigenvalue weighted by molar-refractivity contribution is 6.46. The summed E-state index contributed by atoms with van der Waals surface area (Å²) < 4.78 is 0. The van der Waals surface area contributed by atoms with Gasteiger partial charge in [-0.3, -0.25) is 9.59 Å². The molecule has 1 saturated heterocycles. The zero-order chi connectivity index (χ0) is 21.3. The van der Waals surface area contributed by atoms with Crippen LogP contribution < -0.4 is 0 Å². The molecule has 1 amide bonds. The SMILES string of the molecule is Cc1ccc(C)c(/C(O)=C2\C(=O)C(=O)N(CCN(C)C)C2c2cccc(Cl)c2)c1. The number of aryl methyl sites for hydroxylation is 2. The second-order valence-corrected chi connectivity index (χ2v) is 8.11. The Kier molecular flexibility index (Phi) is 6.10. The number of hydrogen-bond donors (Lipinski definition) is 1. The van der Waals surface area contributed by atoms with Gasteiger partial charge in [-0.05, 0) is 57.3 Å². The average Bonchev–Trinajstić information content (AvgIpc) is 2.92. The van der Waals surface area contributed by atoms with E-state index in [2.05, 4.69) is 0 Å². The first-order valence-electron chi connectivity index (χ1n) is 9.47. The van der Waals surface area contributed by atoms with Crippen LogP contribution in [0.3, 0.4) is 0 Å². The van der Waals surface area contributed by atoms with Gasteiger partial charge in [-0.2, -0.15) is 0 Å². The molecule has 2 aromatic carbocycles. The van der Waals surface area contributed by atoms with Crippen molar-refractivity contribution in [2.75, 3.05) is 27.2 Å². The molecule has 1 unspecified atom stereocenters. The maximum atomic E-state index is 13.0. The van der Waals surface area contributed by atoms with Gasteiger partial charge in [-0.25, -0.2) is 0 Å². The van der Waals surface area contributed by atoms with Crippen molar-refractivity contribution in [1.29, 1.82) is 0 Å². The number of likely N-dealkylation sites (N-methyl/N-ethyl adjacent to an activating group) is 1. The van der Waals surface area contributed by atoms with Crippen molar-refractivity contribution >= 4 is 29.1 Å². The lowest BCUT2D eigenvalue weighted by molar-refractivity contribution is -0.140. The van der Waals surface area contributed by atoms with Crippen LogP contribution >= 0.6 is 11.6 Å². The molecule has 5 nitrogen and oxygen atoms in total. The second-order valence-electron chi connectivity index (χ2n) is 7.67. The van der Waals surface area contributed by atoms with Gasteiger partial charge in [0.25, 0.3) is 11.7 Å². The molecule has 2 aromatic rings. The molecule has 29 heavy (non-hydrogen) atoms. The van der Waals surface area contributed by atoms with Crippen molar-refractivity contribution in [1.82, 2.24) is 9.80 Å². The van der Waals surface area contributed by atoms with Gasteiger partial charge in [-0.1, -0.05) is 41.4 Å². The Balaban J connectivity index is 2.20. The van der Waals surface area contributed by atoms with Crippen molar-refractivity contribution < 1.29 is 14.7 Å². The minimum absolute atomic E-state index is 0.102. The summed E-state index contributed by atoms with van der Waals surface area (Å²) in [6, 6.07) is 12.0. The van der Waals surface area contributed by atoms with E-state index in [-0.39, 0.29) is 11.3 Å². The first-order valence-corrected chi connectivity index (χ1v) is 9.84. The smallest absolute Gasteiger partial charge is 0.295 e. The van der Waals surface area contributed by atoms with Gasteiger partial charge in [0.05, 0.1) is 11.6 Å². The molecule has 0 bridgehead atoms. The minimum atomic E-state index is -0.687. The van der Waals surface area contributed by atoms with Crippen LogP contribution in [-0.2, 0) is 9.59 Å². The fraction of sp³-hybridized carbons (Fsp3) is 0.304. The van der Waals surface area contributed by atoms with Crippen LogP contribution in [0.15, 0.2) is 48.0 Å². The number of hydrogen-bond acceptors (Lipinski definition) is 4. The molecule has 0 aromatic heterocycles. The molecule has 1 N–H and O–H groups in total. The standard InChI is InChI=1S/C23H25ClN2O3/c1-14-8-9-15(2)18(12-14)21(27)19-20(16-6-5-7-17(24)13-16)26(11-10-25(3)4)23(29)22(19)28/h5-9,12-13,20,27H,10-11H2,1-4H3/b21-19+. The Labute approximate surface area is 176 Å². The third-order valence-corrected chi connectivity index (χ3v) is 5.38.